The number of rotatable bonds is 12. The van der Waals surface area contributed by atoms with Crippen molar-refractivity contribution in [1.29, 1.82) is 0 Å². The fourth-order valence-electron chi connectivity index (χ4n) is 10.9. The maximum absolute atomic E-state index is 14.6. The molecule has 0 aromatic heterocycles. The third kappa shape index (κ3) is 13.0. The maximum Gasteiger partial charge on any atom is 0.417 e. The minimum absolute atomic E-state index is 0.0223. The Morgan fingerprint density at radius 1 is 0.590 bits per heavy atom. The molecule has 3 aromatic carbocycles. The first-order valence-electron chi connectivity index (χ1n) is 27.6. The maximum atomic E-state index is 14.6. The van der Waals surface area contributed by atoms with Gasteiger partial charge in [0.25, 0.3) is 11.8 Å². The van der Waals surface area contributed by atoms with Crippen LogP contribution < -0.4 is 28.7 Å². The number of amides is 4. The summed E-state index contributed by atoms with van der Waals surface area (Å²) < 4.78 is 62.9. The van der Waals surface area contributed by atoms with E-state index in [1.54, 1.807) is 75.6 Å². The molecule has 3 aromatic rings. The van der Waals surface area contributed by atoms with Gasteiger partial charge in [0.05, 0.1) is 48.8 Å². The van der Waals surface area contributed by atoms with Gasteiger partial charge < -0.3 is 57.2 Å². The lowest BCUT2D eigenvalue weighted by molar-refractivity contribution is -0.196. The average molecular weight is 1100 g/mol. The zero-order valence-electron chi connectivity index (χ0n) is 47.3. The Bertz CT molecular complexity index is 2610. The molecule has 78 heavy (non-hydrogen) atoms. The predicted molar refractivity (Wildman–Crippen MR) is 294 cm³/mol. The summed E-state index contributed by atoms with van der Waals surface area (Å²) in [5.74, 6) is 4.05. The zero-order valence-corrected chi connectivity index (χ0v) is 48.3. The molecule has 0 N–H and O–H groups in total. The second-order valence-corrected chi connectivity index (χ2v) is 28.7. The largest absolute Gasteiger partial charge is 0.493 e. The van der Waals surface area contributed by atoms with Gasteiger partial charge in [-0.05, 0) is 147 Å². The standard InChI is InChI=1S/C59H78N4O14Si/c1-58(2,3)76-56(66)62-44-33-48(46(68-7)31-40(44)52(64)60-23-16-18-42(60)54(62)74-50-20-12-14-25-70-50)72-35-38-28-37(22-27-78(9,10)11)29-39(30-38)36-73-49-34-45-41(32-47(49)69-8)53(65)61-24-17-19-43(61)55(75-51-21-13-15-26-71-51)63(45)57(67)77-59(4,5)6/h28-34,42-43,50-51,54-55H,12-21,23-26,35-36H2,1-11H3/t42-,43-,50?,51?,54-,55-/m0/s1. The number of nitrogens with zero attached hydrogens (tertiary/aromatic N) is 4. The number of hydrogen-bond acceptors (Lipinski definition) is 14. The van der Waals surface area contributed by atoms with E-state index in [0.717, 1.165) is 55.2 Å². The highest BCUT2D eigenvalue weighted by atomic mass is 28.3. The molecule has 2 unspecified atom stereocenters. The Balaban J connectivity index is 1.06. The van der Waals surface area contributed by atoms with E-state index >= 15 is 0 Å². The number of hydrogen-bond donors (Lipinski definition) is 0. The zero-order chi connectivity index (χ0) is 55.7. The van der Waals surface area contributed by atoms with E-state index in [9.17, 15) is 19.2 Å². The fraction of sp³-hybridized carbons (Fsp3) is 0.593. The molecule has 0 bridgehead atoms. The van der Waals surface area contributed by atoms with Gasteiger partial charge >= 0.3 is 12.2 Å². The summed E-state index contributed by atoms with van der Waals surface area (Å²) in [6.07, 6.45) is 3.36. The van der Waals surface area contributed by atoms with Crippen LogP contribution in [-0.2, 0) is 41.6 Å². The van der Waals surface area contributed by atoms with Crippen LogP contribution in [0, 0.1) is 11.5 Å². The van der Waals surface area contributed by atoms with Crippen LogP contribution in [0.15, 0.2) is 42.5 Å². The van der Waals surface area contributed by atoms with E-state index in [4.69, 9.17) is 47.4 Å². The van der Waals surface area contributed by atoms with Crippen molar-refractivity contribution in [1.82, 2.24) is 9.80 Å². The SMILES string of the molecule is COc1cc2c(cc1OCc1cc(C#C[Si](C)(C)C)cc(COc3cc4c(cc3OC)C(=O)N3CCC[C@H]3[C@H](OC3CCCCO3)N4C(=O)OC(C)(C)C)c1)N(C(=O)OC(C)(C)C)[C@@H](OC1CCCCO1)[C@@H]1CCCN1C2=O. The molecule has 0 spiro atoms. The van der Waals surface area contributed by atoms with Crippen LogP contribution >= 0.6 is 0 Å². The van der Waals surface area contributed by atoms with Gasteiger partial charge in [0.2, 0.25) is 0 Å². The van der Waals surface area contributed by atoms with Crippen molar-refractivity contribution in [3.05, 3.63) is 70.3 Å². The van der Waals surface area contributed by atoms with Crippen molar-refractivity contribution in [2.75, 3.05) is 50.3 Å². The molecule has 4 amide bonds. The van der Waals surface area contributed by atoms with Crippen molar-refractivity contribution < 1.29 is 66.5 Å². The summed E-state index contributed by atoms with van der Waals surface area (Å²) >= 11 is 0. The van der Waals surface area contributed by atoms with Crippen LogP contribution in [0.2, 0.25) is 19.6 Å². The molecule has 422 valence electrons. The van der Waals surface area contributed by atoms with E-state index in [2.05, 4.69) is 31.1 Å². The van der Waals surface area contributed by atoms with Crippen LogP contribution in [0.5, 0.6) is 23.0 Å². The Morgan fingerprint density at radius 3 is 1.40 bits per heavy atom. The van der Waals surface area contributed by atoms with Gasteiger partial charge in [-0.3, -0.25) is 9.59 Å². The van der Waals surface area contributed by atoms with E-state index in [0.29, 0.717) is 63.5 Å². The number of ether oxygens (including phenoxy) is 10. The third-order valence-electron chi connectivity index (χ3n) is 14.3. The van der Waals surface area contributed by atoms with Crippen molar-refractivity contribution in [2.45, 2.75) is 187 Å². The minimum atomic E-state index is -1.85. The molecule has 0 radical (unpaired) electrons. The lowest BCUT2D eigenvalue weighted by Gasteiger charge is -2.39. The van der Waals surface area contributed by atoms with Crippen molar-refractivity contribution in [3.8, 4) is 34.5 Å². The predicted octanol–water partition coefficient (Wildman–Crippen LogP) is 10.5. The Labute approximate surface area is 460 Å². The highest BCUT2D eigenvalue weighted by Gasteiger charge is 2.50. The number of fused-ring (bicyclic) bond motifs is 4. The molecule has 9 rings (SSSR count). The quantitative estimate of drug-likeness (QED) is 0.124. The van der Waals surface area contributed by atoms with E-state index in [1.165, 1.54) is 24.0 Å². The van der Waals surface area contributed by atoms with E-state index in [-0.39, 0.29) is 59.0 Å². The van der Waals surface area contributed by atoms with E-state index in [1.807, 2.05) is 18.2 Å². The molecule has 0 aliphatic carbocycles. The van der Waals surface area contributed by atoms with Crippen molar-refractivity contribution in [2.24, 2.45) is 0 Å². The van der Waals surface area contributed by atoms with Crippen LogP contribution in [0.4, 0.5) is 21.0 Å². The Hall–Kier alpha value is -6.04. The van der Waals surface area contributed by atoms with Gasteiger partial charge in [-0.25, -0.2) is 19.4 Å². The summed E-state index contributed by atoms with van der Waals surface area (Å²) in [6.45, 7) is 19.4. The molecule has 4 fully saturated rings. The first-order chi connectivity index (χ1) is 37.1. The molecular weight excluding hydrogens is 1020 g/mol. The highest BCUT2D eigenvalue weighted by molar-refractivity contribution is 6.83. The third-order valence-corrected chi connectivity index (χ3v) is 15.2. The van der Waals surface area contributed by atoms with Gasteiger partial charge in [0.15, 0.2) is 48.0 Å². The lowest BCUT2D eigenvalue weighted by atomic mass is 10.1. The van der Waals surface area contributed by atoms with Gasteiger partial charge in [0, 0.05) is 44.0 Å². The first-order valence-corrected chi connectivity index (χ1v) is 31.1. The Morgan fingerprint density at radius 2 is 1.03 bits per heavy atom. The van der Waals surface area contributed by atoms with Crippen LogP contribution in [0.3, 0.4) is 0 Å². The van der Waals surface area contributed by atoms with E-state index < -0.39 is 68.6 Å². The number of methoxy groups -OCH3 is 2. The number of carbonyl (C=O) groups excluding carboxylic acids is 4. The van der Waals surface area contributed by atoms with Gasteiger partial charge in [-0.2, -0.15) is 0 Å². The smallest absolute Gasteiger partial charge is 0.417 e. The summed E-state index contributed by atoms with van der Waals surface area (Å²) in [5.41, 5.74) is 5.02. The number of carbonyl (C=O) groups is 4. The second-order valence-electron chi connectivity index (χ2n) is 23.9. The lowest BCUT2D eigenvalue weighted by Crippen LogP contribution is -2.54. The minimum Gasteiger partial charge on any atom is -0.493 e. The van der Waals surface area contributed by atoms with Crippen LogP contribution in [0.1, 0.15) is 143 Å². The van der Waals surface area contributed by atoms with Gasteiger partial charge in [-0.15, -0.1) is 5.54 Å². The monoisotopic (exact) mass is 1090 g/mol. The second kappa shape index (κ2) is 23.3. The fourth-order valence-corrected chi connectivity index (χ4v) is 11.4. The molecule has 18 nitrogen and oxygen atoms in total. The molecule has 0 saturated carbocycles. The Kier molecular flexibility index (Phi) is 17.0. The normalized spacial score (nSPS) is 23.4. The summed E-state index contributed by atoms with van der Waals surface area (Å²) in [5, 5.41) is 0. The molecule has 6 atom stereocenters. The molecule has 4 saturated heterocycles. The van der Waals surface area contributed by atoms with Crippen LogP contribution in [-0.4, -0.2) is 131 Å². The van der Waals surface area contributed by atoms with Crippen LogP contribution in [0.25, 0.3) is 0 Å². The van der Waals surface area contributed by atoms with Gasteiger partial charge in [0.1, 0.15) is 32.5 Å². The topological polar surface area (TPSA) is 174 Å². The molecule has 6 aliphatic heterocycles. The summed E-state index contributed by atoms with van der Waals surface area (Å²) in [7, 11) is 1.17. The summed E-state index contributed by atoms with van der Waals surface area (Å²) in [4.78, 5) is 64.8. The molecule has 6 aliphatic rings. The number of anilines is 2. The first kappa shape index (κ1) is 56.7. The van der Waals surface area contributed by atoms with Crippen molar-refractivity contribution in [3.63, 3.8) is 0 Å². The molecule has 6 heterocycles. The summed E-state index contributed by atoms with van der Waals surface area (Å²) in [6, 6.07) is 11.5. The number of benzene rings is 3. The molecular formula is C59H78N4O14Si. The van der Waals surface area contributed by atoms with Gasteiger partial charge in [-0.1, -0.05) is 25.6 Å². The highest BCUT2D eigenvalue weighted by Crippen LogP contribution is 2.45. The average Bonchev–Trinajstić information content (AvgIpc) is 4.28. The van der Waals surface area contributed by atoms with Crippen molar-refractivity contribution >= 4 is 43.4 Å². The molecule has 19 heteroatoms.